The lowest BCUT2D eigenvalue weighted by Crippen LogP contribution is -2.45. The number of phosphoric ester groups is 1. The van der Waals surface area contributed by atoms with Crippen LogP contribution in [0.5, 0.6) is 0 Å². The summed E-state index contributed by atoms with van der Waals surface area (Å²) in [5.41, 5.74) is 0. The smallest absolute Gasteiger partial charge is 0.387 e. The number of aliphatic hydroxyl groups is 1. The number of likely N-dealkylation sites (N-methyl/N-ethyl adjacent to an activating group) is 1. The van der Waals surface area contributed by atoms with Gasteiger partial charge in [-0.25, -0.2) is 4.57 Å². The number of nitrogens with zero attached hydrogens (tertiary/aromatic N) is 1. The molecule has 468 valence electrons. The SMILES string of the molecule is CC/C=C\C/C=C\C/C=C\C/C=C\C/C=C\C/C=C\C/C=C\C/C=C\CCCCCCC(=O)NC(COP(=O)(O)OCC[N+](C)(C)C)C(O)/C=C/CCCCCCCCCCCCCCCCCCCCCCCCCCCCCC. The van der Waals surface area contributed by atoms with Crippen LogP contribution >= 0.6 is 7.82 Å². The Kier molecular flexibility index (Phi) is 59.5. The van der Waals surface area contributed by atoms with Gasteiger partial charge in [-0.2, -0.15) is 0 Å². The normalized spacial score (nSPS) is 14.4. The van der Waals surface area contributed by atoms with E-state index in [0.29, 0.717) is 17.4 Å². The number of carbonyl (C=O) groups excluding carboxylic acids is 1. The van der Waals surface area contributed by atoms with Crippen molar-refractivity contribution in [3.05, 3.63) is 109 Å². The Balaban J connectivity index is 4.20. The zero-order valence-electron chi connectivity index (χ0n) is 53.5. The molecule has 3 unspecified atom stereocenters. The lowest BCUT2D eigenvalue weighted by atomic mass is 10.0. The predicted molar refractivity (Wildman–Crippen MR) is 355 cm³/mol. The number of amides is 1. The van der Waals surface area contributed by atoms with E-state index in [-0.39, 0.29) is 19.1 Å². The molecular formula is C72H130N2O6P+. The van der Waals surface area contributed by atoms with Gasteiger partial charge in [0.1, 0.15) is 13.2 Å². The van der Waals surface area contributed by atoms with E-state index in [1.807, 2.05) is 27.2 Å². The molecule has 0 aliphatic heterocycles. The highest BCUT2D eigenvalue weighted by Crippen LogP contribution is 2.43. The molecular weight excluding hydrogens is 1020 g/mol. The molecule has 8 nitrogen and oxygen atoms in total. The van der Waals surface area contributed by atoms with E-state index in [2.05, 4.69) is 116 Å². The van der Waals surface area contributed by atoms with Crippen LogP contribution < -0.4 is 5.32 Å². The van der Waals surface area contributed by atoms with Gasteiger partial charge in [-0.3, -0.25) is 13.8 Å². The van der Waals surface area contributed by atoms with E-state index < -0.39 is 20.0 Å². The van der Waals surface area contributed by atoms with Gasteiger partial charge in [-0.15, -0.1) is 0 Å². The molecule has 0 heterocycles. The zero-order chi connectivity index (χ0) is 59.1. The summed E-state index contributed by atoms with van der Waals surface area (Å²) in [5, 5.41) is 14.0. The summed E-state index contributed by atoms with van der Waals surface area (Å²) < 4.78 is 23.8. The molecule has 9 heteroatoms. The molecule has 3 N–H and O–H groups in total. The molecule has 81 heavy (non-hydrogen) atoms. The van der Waals surface area contributed by atoms with Crippen LogP contribution in [0.4, 0.5) is 0 Å². The number of nitrogens with one attached hydrogen (secondary N) is 1. The molecule has 0 saturated heterocycles. The van der Waals surface area contributed by atoms with Gasteiger partial charge in [-0.05, 0) is 83.5 Å². The lowest BCUT2D eigenvalue weighted by Gasteiger charge is -2.25. The van der Waals surface area contributed by atoms with Crippen LogP contribution in [0.2, 0.25) is 0 Å². The number of hydrogen-bond donors (Lipinski definition) is 3. The van der Waals surface area contributed by atoms with Gasteiger partial charge in [0.05, 0.1) is 39.9 Å². The van der Waals surface area contributed by atoms with Gasteiger partial charge < -0.3 is 19.8 Å². The molecule has 0 aromatic rings. The van der Waals surface area contributed by atoms with Crippen LogP contribution in [0, 0.1) is 0 Å². The van der Waals surface area contributed by atoms with Gasteiger partial charge in [0.15, 0.2) is 0 Å². The van der Waals surface area contributed by atoms with Crippen molar-refractivity contribution in [1.29, 1.82) is 0 Å². The average Bonchev–Trinajstić information content (AvgIpc) is 3.43. The van der Waals surface area contributed by atoms with E-state index in [0.717, 1.165) is 103 Å². The second kappa shape index (κ2) is 61.7. The fourth-order valence-corrected chi connectivity index (χ4v) is 10.3. The Bertz CT molecular complexity index is 1690. The van der Waals surface area contributed by atoms with Gasteiger partial charge in [0, 0.05) is 6.42 Å². The van der Waals surface area contributed by atoms with Gasteiger partial charge in [0.25, 0.3) is 0 Å². The summed E-state index contributed by atoms with van der Waals surface area (Å²) in [6.45, 7) is 4.70. The van der Waals surface area contributed by atoms with Crippen LogP contribution in [-0.2, 0) is 18.4 Å². The highest BCUT2D eigenvalue weighted by molar-refractivity contribution is 7.47. The van der Waals surface area contributed by atoms with E-state index in [9.17, 15) is 19.4 Å². The van der Waals surface area contributed by atoms with Gasteiger partial charge in [0.2, 0.25) is 5.91 Å². The van der Waals surface area contributed by atoms with Crippen LogP contribution in [0.1, 0.15) is 290 Å². The molecule has 1 amide bonds. The summed E-state index contributed by atoms with van der Waals surface area (Å²) in [6.07, 6.45) is 90.8. The van der Waals surface area contributed by atoms with E-state index >= 15 is 0 Å². The van der Waals surface area contributed by atoms with E-state index in [1.54, 1.807) is 6.08 Å². The number of carbonyl (C=O) groups is 1. The third-order valence-corrected chi connectivity index (χ3v) is 15.7. The van der Waals surface area contributed by atoms with Gasteiger partial charge in [-0.1, -0.05) is 309 Å². The zero-order valence-corrected chi connectivity index (χ0v) is 54.4. The van der Waals surface area contributed by atoms with Crippen molar-refractivity contribution in [2.45, 2.75) is 302 Å². The van der Waals surface area contributed by atoms with E-state index in [1.165, 1.54) is 167 Å². The molecule has 0 saturated carbocycles. The molecule has 0 aromatic carbocycles. The van der Waals surface area contributed by atoms with Crippen LogP contribution in [0.25, 0.3) is 0 Å². The quantitative estimate of drug-likeness (QED) is 0.0243. The first-order valence-electron chi connectivity index (χ1n) is 33.8. The maximum atomic E-state index is 13.0. The minimum absolute atomic E-state index is 0.0506. The van der Waals surface area contributed by atoms with Gasteiger partial charge >= 0.3 is 7.82 Å². The molecule has 0 spiro atoms. The van der Waals surface area contributed by atoms with Crippen LogP contribution in [-0.4, -0.2) is 73.4 Å². The lowest BCUT2D eigenvalue weighted by molar-refractivity contribution is -0.870. The first-order chi connectivity index (χ1) is 39.5. The number of aliphatic hydroxyl groups excluding tert-OH is 1. The molecule has 0 aliphatic rings. The third-order valence-electron chi connectivity index (χ3n) is 14.7. The standard InChI is InChI=1S/C72H129N2O6P/c1-6-8-10-12-14-16-18-20-22-24-26-28-30-32-34-36-38-39-41-43-45-47-49-51-53-55-57-59-61-63-65-71(75)70(69-80-81(77,78)79-68-67-74(3,4)5)73-72(76)66-64-62-60-58-56-54-52-50-48-46-44-42-40-37-35-33-31-29-27-25-23-21-19-17-15-13-11-9-7-2/h9,11,15,17,21,23,27,29,33,35,40,42,46,48,52,54,63,65,70-71,75H,6-8,10,12-14,16,18-20,22,24-26,28,30-32,34,36-39,41,43-45,47,49-51,53,55-62,64,66-69H2,1-5H3,(H-,73,76,77,78)/p+1/b11-9-,17-15-,23-21-,29-27-,35-33-,42-40-,48-46-,54-52-,65-63+. The first-order valence-corrected chi connectivity index (χ1v) is 35.3. The van der Waals surface area contributed by atoms with Crippen molar-refractivity contribution in [1.82, 2.24) is 5.32 Å². The fourth-order valence-electron chi connectivity index (χ4n) is 9.53. The largest absolute Gasteiger partial charge is 0.472 e. The Morgan fingerprint density at radius 3 is 1.09 bits per heavy atom. The summed E-state index contributed by atoms with van der Waals surface area (Å²) in [4.78, 5) is 23.4. The molecule has 0 aromatic heterocycles. The fraction of sp³-hybridized carbons (Fsp3) is 0.736. The van der Waals surface area contributed by atoms with Crippen molar-refractivity contribution in [3.8, 4) is 0 Å². The number of unbranched alkanes of at least 4 members (excludes halogenated alkanes) is 32. The minimum Gasteiger partial charge on any atom is -0.387 e. The Morgan fingerprint density at radius 2 is 0.741 bits per heavy atom. The Labute approximate surface area is 501 Å². The molecule has 0 aliphatic carbocycles. The maximum Gasteiger partial charge on any atom is 0.472 e. The summed E-state index contributed by atoms with van der Waals surface area (Å²) in [5.74, 6) is -0.203. The number of phosphoric acid groups is 1. The Hall–Kier alpha value is -2.84. The van der Waals surface area contributed by atoms with Crippen LogP contribution in [0.15, 0.2) is 109 Å². The number of quaternary nitrogens is 1. The van der Waals surface area contributed by atoms with Crippen molar-refractivity contribution < 1.29 is 32.9 Å². The monoisotopic (exact) mass is 1150 g/mol. The van der Waals surface area contributed by atoms with Crippen molar-refractivity contribution in [3.63, 3.8) is 0 Å². The predicted octanol–water partition coefficient (Wildman–Crippen LogP) is 21.5. The molecule has 0 rings (SSSR count). The third kappa shape index (κ3) is 64.6. The molecule has 0 radical (unpaired) electrons. The average molecular weight is 1150 g/mol. The molecule has 3 atom stereocenters. The number of hydrogen-bond acceptors (Lipinski definition) is 5. The summed E-state index contributed by atoms with van der Waals surface area (Å²) in [6, 6.07) is -0.871. The maximum absolute atomic E-state index is 13.0. The number of allylic oxidation sites excluding steroid dienone is 17. The van der Waals surface area contributed by atoms with Crippen molar-refractivity contribution in [2.75, 3.05) is 40.9 Å². The first kappa shape index (κ1) is 78.2. The molecule has 0 fully saturated rings. The van der Waals surface area contributed by atoms with Crippen LogP contribution in [0.3, 0.4) is 0 Å². The second-order valence-corrected chi connectivity index (χ2v) is 25.3. The summed E-state index contributed by atoms with van der Waals surface area (Å²) >= 11 is 0. The second-order valence-electron chi connectivity index (χ2n) is 23.8. The number of rotatable bonds is 61. The minimum atomic E-state index is -4.37. The van der Waals surface area contributed by atoms with E-state index in [4.69, 9.17) is 9.05 Å². The molecule has 0 bridgehead atoms. The Morgan fingerprint density at radius 1 is 0.432 bits per heavy atom. The highest BCUT2D eigenvalue weighted by Gasteiger charge is 2.28. The van der Waals surface area contributed by atoms with Crippen molar-refractivity contribution in [2.24, 2.45) is 0 Å². The topological polar surface area (TPSA) is 105 Å². The highest BCUT2D eigenvalue weighted by atomic mass is 31.2. The van der Waals surface area contributed by atoms with Crippen molar-refractivity contribution >= 4 is 13.7 Å². The summed E-state index contributed by atoms with van der Waals surface area (Å²) in [7, 11) is 1.54.